The highest BCUT2D eigenvalue weighted by Gasteiger charge is 2.21. The van der Waals surface area contributed by atoms with E-state index in [2.05, 4.69) is 14.9 Å². The van der Waals surface area contributed by atoms with Crippen LogP contribution in [0, 0.1) is 5.82 Å². The van der Waals surface area contributed by atoms with E-state index in [1.54, 1.807) is 30.6 Å². The quantitative estimate of drug-likeness (QED) is 0.724. The first-order valence-electron chi connectivity index (χ1n) is 8.66. The molecule has 1 aliphatic rings. The van der Waals surface area contributed by atoms with Gasteiger partial charge in [-0.05, 0) is 30.7 Å². The summed E-state index contributed by atoms with van der Waals surface area (Å²) < 4.78 is 19.0. The van der Waals surface area contributed by atoms with E-state index in [1.807, 2.05) is 4.90 Å². The molecule has 1 fully saturated rings. The SMILES string of the molecule is O=C(c1ccncc1)N1CCCN(Cc2nc3cc(F)ccc3o2)CC1. The molecule has 0 aliphatic carbocycles. The second-order valence-corrected chi connectivity index (χ2v) is 6.38. The first kappa shape index (κ1) is 16.7. The highest BCUT2D eigenvalue weighted by atomic mass is 19.1. The van der Waals surface area contributed by atoms with Gasteiger partial charge in [-0.15, -0.1) is 0 Å². The summed E-state index contributed by atoms with van der Waals surface area (Å²) in [5.41, 5.74) is 1.78. The van der Waals surface area contributed by atoms with Crippen molar-refractivity contribution in [3.05, 3.63) is 60.0 Å². The van der Waals surface area contributed by atoms with Gasteiger partial charge >= 0.3 is 0 Å². The molecular formula is C19H19FN4O2. The van der Waals surface area contributed by atoms with Crippen LogP contribution in [0.15, 0.2) is 47.1 Å². The molecule has 1 aromatic carbocycles. The van der Waals surface area contributed by atoms with Crippen molar-refractivity contribution in [3.63, 3.8) is 0 Å². The highest BCUT2D eigenvalue weighted by Crippen LogP contribution is 2.18. The van der Waals surface area contributed by atoms with E-state index in [-0.39, 0.29) is 11.7 Å². The number of nitrogens with zero attached hydrogens (tertiary/aromatic N) is 4. The Morgan fingerprint density at radius 2 is 1.96 bits per heavy atom. The number of hydrogen-bond acceptors (Lipinski definition) is 5. The lowest BCUT2D eigenvalue weighted by Gasteiger charge is -2.21. The second-order valence-electron chi connectivity index (χ2n) is 6.38. The van der Waals surface area contributed by atoms with Crippen LogP contribution in [0.2, 0.25) is 0 Å². The van der Waals surface area contributed by atoms with Crippen molar-refractivity contribution in [2.24, 2.45) is 0 Å². The second kappa shape index (κ2) is 7.21. The van der Waals surface area contributed by atoms with E-state index < -0.39 is 0 Å². The van der Waals surface area contributed by atoms with Crippen molar-refractivity contribution in [1.82, 2.24) is 19.8 Å². The average molecular weight is 354 g/mol. The van der Waals surface area contributed by atoms with Crippen molar-refractivity contribution < 1.29 is 13.6 Å². The molecule has 0 unspecified atom stereocenters. The van der Waals surface area contributed by atoms with Gasteiger partial charge in [-0.25, -0.2) is 9.37 Å². The molecule has 0 bridgehead atoms. The summed E-state index contributed by atoms with van der Waals surface area (Å²) in [6.07, 6.45) is 4.15. The summed E-state index contributed by atoms with van der Waals surface area (Å²) in [5, 5.41) is 0. The van der Waals surface area contributed by atoms with Gasteiger partial charge in [0.15, 0.2) is 5.58 Å². The number of carbonyl (C=O) groups excluding carboxylic acids is 1. The summed E-state index contributed by atoms with van der Waals surface area (Å²) in [6, 6.07) is 7.81. The first-order valence-corrected chi connectivity index (χ1v) is 8.66. The molecule has 0 N–H and O–H groups in total. The van der Waals surface area contributed by atoms with Crippen LogP contribution in [0.1, 0.15) is 22.7 Å². The minimum Gasteiger partial charge on any atom is -0.439 e. The molecule has 0 radical (unpaired) electrons. The minimum absolute atomic E-state index is 0.0339. The van der Waals surface area contributed by atoms with Gasteiger partial charge in [0.2, 0.25) is 5.89 Å². The maximum absolute atomic E-state index is 13.3. The largest absolute Gasteiger partial charge is 0.439 e. The highest BCUT2D eigenvalue weighted by molar-refractivity contribution is 5.94. The molecular weight excluding hydrogens is 335 g/mol. The van der Waals surface area contributed by atoms with Gasteiger partial charge in [0.25, 0.3) is 5.91 Å². The van der Waals surface area contributed by atoms with E-state index in [9.17, 15) is 9.18 Å². The zero-order chi connectivity index (χ0) is 17.9. The van der Waals surface area contributed by atoms with Gasteiger partial charge in [-0.1, -0.05) is 0 Å². The molecule has 1 saturated heterocycles. The molecule has 0 spiro atoms. The standard InChI is InChI=1S/C19H19FN4O2/c20-15-2-3-17-16(12-15)22-18(26-17)13-23-8-1-9-24(11-10-23)19(25)14-4-6-21-7-5-14/h2-7,12H,1,8-11,13H2. The summed E-state index contributed by atoms with van der Waals surface area (Å²) in [5.74, 6) is 0.281. The molecule has 134 valence electrons. The van der Waals surface area contributed by atoms with E-state index in [1.165, 1.54) is 12.1 Å². The number of benzene rings is 1. The number of halogens is 1. The normalized spacial score (nSPS) is 16.0. The molecule has 1 aliphatic heterocycles. The van der Waals surface area contributed by atoms with Gasteiger partial charge in [0.1, 0.15) is 11.3 Å². The maximum Gasteiger partial charge on any atom is 0.254 e. The van der Waals surface area contributed by atoms with E-state index >= 15 is 0 Å². The maximum atomic E-state index is 13.3. The third-order valence-electron chi connectivity index (χ3n) is 4.56. The smallest absolute Gasteiger partial charge is 0.254 e. The predicted molar refractivity (Wildman–Crippen MR) is 94.0 cm³/mol. The number of oxazole rings is 1. The van der Waals surface area contributed by atoms with Crippen molar-refractivity contribution in [2.75, 3.05) is 26.2 Å². The topological polar surface area (TPSA) is 62.5 Å². The lowest BCUT2D eigenvalue weighted by atomic mass is 10.2. The van der Waals surface area contributed by atoms with Gasteiger partial charge < -0.3 is 9.32 Å². The first-order chi connectivity index (χ1) is 12.7. The van der Waals surface area contributed by atoms with Crippen LogP contribution in [0.5, 0.6) is 0 Å². The lowest BCUT2D eigenvalue weighted by Crippen LogP contribution is -2.35. The van der Waals surface area contributed by atoms with Crippen LogP contribution >= 0.6 is 0 Å². The fraction of sp³-hybridized carbons (Fsp3) is 0.316. The molecule has 2 aromatic heterocycles. The summed E-state index contributed by atoms with van der Waals surface area (Å²) in [6.45, 7) is 3.51. The number of carbonyl (C=O) groups is 1. The van der Waals surface area contributed by atoms with Gasteiger partial charge in [0, 0.05) is 50.2 Å². The number of rotatable bonds is 3. The van der Waals surface area contributed by atoms with Crippen LogP contribution in [0.3, 0.4) is 0 Å². The predicted octanol–water partition coefficient (Wildman–Crippen LogP) is 2.71. The fourth-order valence-electron chi connectivity index (χ4n) is 3.22. The molecule has 26 heavy (non-hydrogen) atoms. The Bertz CT molecular complexity index is 912. The summed E-state index contributed by atoms with van der Waals surface area (Å²) >= 11 is 0. The number of pyridine rings is 1. The Morgan fingerprint density at radius 1 is 1.12 bits per heavy atom. The molecule has 0 saturated carbocycles. The molecule has 0 atom stereocenters. The Morgan fingerprint density at radius 3 is 2.81 bits per heavy atom. The van der Waals surface area contributed by atoms with Gasteiger partial charge in [0.05, 0.1) is 6.54 Å². The van der Waals surface area contributed by atoms with Gasteiger partial charge in [-0.2, -0.15) is 0 Å². The Balaban J connectivity index is 1.41. The molecule has 6 nitrogen and oxygen atoms in total. The van der Waals surface area contributed by atoms with Crippen LogP contribution in [0.25, 0.3) is 11.1 Å². The zero-order valence-electron chi connectivity index (χ0n) is 14.3. The lowest BCUT2D eigenvalue weighted by molar-refractivity contribution is 0.0760. The minimum atomic E-state index is -0.322. The number of amides is 1. The molecule has 7 heteroatoms. The van der Waals surface area contributed by atoms with E-state index in [0.717, 1.165) is 26.1 Å². The van der Waals surface area contributed by atoms with E-state index in [4.69, 9.17) is 4.42 Å². The Hall–Kier alpha value is -2.80. The molecule has 1 amide bonds. The summed E-state index contributed by atoms with van der Waals surface area (Å²) in [4.78, 5) is 25.0. The summed E-state index contributed by atoms with van der Waals surface area (Å²) in [7, 11) is 0. The number of fused-ring (bicyclic) bond motifs is 1. The molecule has 3 heterocycles. The monoisotopic (exact) mass is 354 g/mol. The van der Waals surface area contributed by atoms with Crippen LogP contribution in [0.4, 0.5) is 4.39 Å². The van der Waals surface area contributed by atoms with Crippen molar-refractivity contribution in [2.45, 2.75) is 13.0 Å². The number of hydrogen-bond donors (Lipinski definition) is 0. The third-order valence-corrected chi connectivity index (χ3v) is 4.56. The Labute approximate surface area is 150 Å². The number of aromatic nitrogens is 2. The van der Waals surface area contributed by atoms with Gasteiger partial charge in [-0.3, -0.25) is 14.7 Å². The molecule has 3 aromatic rings. The van der Waals surface area contributed by atoms with Crippen molar-refractivity contribution >= 4 is 17.0 Å². The Kier molecular flexibility index (Phi) is 4.62. The third kappa shape index (κ3) is 3.57. The molecule has 4 rings (SSSR count). The van der Waals surface area contributed by atoms with E-state index in [0.29, 0.717) is 35.6 Å². The zero-order valence-corrected chi connectivity index (χ0v) is 14.3. The fourth-order valence-corrected chi connectivity index (χ4v) is 3.22. The average Bonchev–Trinajstić information content (AvgIpc) is 2.90. The van der Waals surface area contributed by atoms with Crippen molar-refractivity contribution in [1.29, 1.82) is 0 Å². The van der Waals surface area contributed by atoms with Crippen LogP contribution < -0.4 is 0 Å². The van der Waals surface area contributed by atoms with Crippen LogP contribution in [-0.4, -0.2) is 51.9 Å². The van der Waals surface area contributed by atoms with Crippen LogP contribution in [-0.2, 0) is 6.54 Å². The van der Waals surface area contributed by atoms with Crippen molar-refractivity contribution in [3.8, 4) is 0 Å².